The van der Waals surface area contributed by atoms with Crippen molar-refractivity contribution in [1.29, 1.82) is 0 Å². The highest BCUT2D eigenvalue weighted by atomic mass is 35.5. The van der Waals surface area contributed by atoms with E-state index in [1.165, 1.54) is 18.2 Å². The van der Waals surface area contributed by atoms with Crippen molar-refractivity contribution in [3.63, 3.8) is 0 Å². The van der Waals surface area contributed by atoms with Crippen molar-refractivity contribution in [2.75, 3.05) is 20.6 Å². The molecule has 1 aromatic rings. The molecule has 8 heteroatoms. The fraction of sp³-hybridized carbons (Fsp3) is 0.607. The summed E-state index contributed by atoms with van der Waals surface area (Å²) in [6, 6.07) is 7.68. The van der Waals surface area contributed by atoms with Crippen molar-refractivity contribution < 1.29 is 9.59 Å². The molecule has 0 spiro atoms. The third-order valence-corrected chi connectivity index (χ3v) is 8.85. The molecule has 0 unspecified atom stereocenters. The topological polar surface area (TPSA) is 56.2 Å². The van der Waals surface area contributed by atoms with Crippen LogP contribution in [0.25, 0.3) is 0 Å². The molecule has 0 aromatic heterocycles. The van der Waals surface area contributed by atoms with Gasteiger partial charge in [-0.1, -0.05) is 63.8 Å². The fourth-order valence-corrected chi connectivity index (χ4v) is 7.26. The Hall–Kier alpha value is -1.99. The van der Waals surface area contributed by atoms with Crippen molar-refractivity contribution in [2.45, 2.75) is 83.8 Å². The van der Waals surface area contributed by atoms with Crippen molar-refractivity contribution in [1.82, 2.24) is 14.7 Å². The monoisotopic (exact) mass is 530 g/mol. The fourth-order valence-electron chi connectivity index (χ4n) is 5.76. The van der Waals surface area contributed by atoms with Crippen molar-refractivity contribution in [3.8, 4) is 0 Å². The first-order valence-corrected chi connectivity index (χ1v) is 14.4. The third-order valence-electron chi connectivity index (χ3n) is 7.54. The van der Waals surface area contributed by atoms with Gasteiger partial charge in [-0.2, -0.15) is 0 Å². The molecular formula is C28H39ClN4O2S. The first-order valence-electron chi connectivity index (χ1n) is 13.2. The van der Waals surface area contributed by atoms with E-state index in [9.17, 15) is 9.59 Å². The number of thioether (sulfide) groups is 1. The molecule has 3 aliphatic rings. The Morgan fingerprint density at radius 3 is 2.53 bits per heavy atom. The molecule has 3 aliphatic heterocycles. The number of allylic oxidation sites excluding steroid dienone is 1. The number of rotatable bonds is 8. The predicted octanol–water partition coefficient (Wildman–Crippen LogP) is 6.09. The largest absolute Gasteiger partial charge is 0.347 e. The summed E-state index contributed by atoms with van der Waals surface area (Å²) in [6.45, 7) is 9.37. The van der Waals surface area contributed by atoms with Crippen LogP contribution in [0.2, 0.25) is 5.02 Å². The molecule has 6 nitrogen and oxygen atoms in total. The van der Waals surface area contributed by atoms with Crippen LogP contribution in [-0.2, 0) is 9.59 Å². The van der Waals surface area contributed by atoms with Gasteiger partial charge in [0.05, 0.1) is 11.6 Å². The van der Waals surface area contributed by atoms with E-state index in [0.717, 1.165) is 47.0 Å². The highest BCUT2D eigenvalue weighted by Crippen LogP contribution is 2.54. The van der Waals surface area contributed by atoms with Gasteiger partial charge in [0.15, 0.2) is 5.17 Å². The van der Waals surface area contributed by atoms with Crippen LogP contribution in [0, 0.1) is 5.92 Å². The average molecular weight is 531 g/mol. The maximum atomic E-state index is 14.0. The Morgan fingerprint density at radius 2 is 1.92 bits per heavy atom. The number of benzene rings is 1. The van der Waals surface area contributed by atoms with Crippen LogP contribution in [-0.4, -0.2) is 63.9 Å². The zero-order chi connectivity index (χ0) is 26.2. The lowest BCUT2D eigenvalue weighted by atomic mass is 9.82. The summed E-state index contributed by atoms with van der Waals surface area (Å²) in [7, 11) is 3.51. The number of halogens is 1. The lowest BCUT2D eigenvalue weighted by Crippen LogP contribution is -2.46. The van der Waals surface area contributed by atoms with Gasteiger partial charge in [0.2, 0.25) is 5.91 Å². The highest BCUT2D eigenvalue weighted by Gasteiger charge is 2.52. The van der Waals surface area contributed by atoms with E-state index in [-0.39, 0.29) is 29.3 Å². The van der Waals surface area contributed by atoms with E-state index in [4.69, 9.17) is 16.6 Å². The standard InChI is InChI=1S/C28H39ClN4O2S/c1-7-8-9-16-28(4)24(19-12-14-20(29)15-13-19)33-22(18(2)3)23(36-27(33)30-28)26(35)32-17-10-11-21(32)25(34)31(5)6/h12-15,18,21,24H,7-11,16-17H2,1-6H3/t21-,24+,28+/m0/s1. The maximum absolute atomic E-state index is 14.0. The number of amidine groups is 1. The van der Waals surface area contributed by atoms with E-state index in [1.807, 2.05) is 12.1 Å². The number of likely N-dealkylation sites (N-methyl/N-ethyl adjacent to an activating group) is 1. The molecule has 0 N–H and O–H groups in total. The number of likely N-dealkylation sites (tertiary alicyclic amines) is 1. The van der Waals surface area contributed by atoms with E-state index in [1.54, 1.807) is 23.9 Å². The molecule has 196 valence electrons. The summed E-state index contributed by atoms with van der Waals surface area (Å²) < 4.78 is 0. The van der Waals surface area contributed by atoms with Crippen molar-refractivity contribution >= 4 is 40.3 Å². The minimum atomic E-state index is -0.391. The number of hydrogen-bond acceptors (Lipinski definition) is 5. The second-order valence-electron chi connectivity index (χ2n) is 10.9. The van der Waals surface area contributed by atoms with Gasteiger partial charge in [0, 0.05) is 31.4 Å². The van der Waals surface area contributed by atoms with E-state index in [2.05, 4.69) is 44.7 Å². The summed E-state index contributed by atoms with van der Waals surface area (Å²) in [5.74, 6) is 0.0829. The summed E-state index contributed by atoms with van der Waals surface area (Å²) in [5, 5.41) is 1.61. The van der Waals surface area contributed by atoms with E-state index < -0.39 is 6.04 Å². The lowest BCUT2D eigenvalue weighted by molar-refractivity contribution is -0.140. The number of amides is 2. The first kappa shape index (κ1) is 27.1. The Morgan fingerprint density at radius 1 is 1.22 bits per heavy atom. The molecule has 0 radical (unpaired) electrons. The van der Waals surface area contributed by atoms with Crippen LogP contribution in [0.3, 0.4) is 0 Å². The van der Waals surface area contributed by atoms with Crippen molar-refractivity contribution in [3.05, 3.63) is 45.5 Å². The number of fused-ring (bicyclic) bond motifs is 1. The number of aliphatic imine (C=N–C) groups is 1. The average Bonchev–Trinajstić information content (AvgIpc) is 3.51. The molecule has 0 aliphatic carbocycles. The smallest absolute Gasteiger partial charge is 0.263 e. The molecule has 1 fully saturated rings. The number of unbranched alkanes of at least 4 members (excludes halogenated alkanes) is 2. The Bertz CT molecular complexity index is 1070. The molecule has 1 aromatic carbocycles. The molecule has 1 saturated heterocycles. The van der Waals surface area contributed by atoms with Crippen LogP contribution in [0.5, 0.6) is 0 Å². The molecule has 3 heterocycles. The van der Waals surface area contributed by atoms with Gasteiger partial charge in [0.25, 0.3) is 5.91 Å². The van der Waals surface area contributed by atoms with E-state index in [0.29, 0.717) is 18.0 Å². The Balaban J connectivity index is 1.74. The van der Waals surface area contributed by atoms with Crippen LogP contribution in [0.15, 0.2) is 39.9 Å². The molecule has 4 rings (SSSR count). The van der Waals surface area contributed by atoms with Crippen LogP contribution in [0.4, 0.5) is 0 Å². The molecule has 0 bridgehead atoms. The van der Waals surface area contributed by atoms with Gasteiger partial charge in [-0.15, -0.1) is 0 Å². The van der Waals surface area contributed by atoms with Crippen LogP contribution >= 0.6 is 23.4 Å². The molecular weight excluding hydrogens is 492 g/mol. The quantitative estimate of drug-likeness (QED) is 0.382. The minimum absolute atomic E-state index is 0.00377. The summed E-state index contributed by atoms with van der Waals surface area (Å²) >= 11 is 7.74. The van der Waals surface area contributed by atoms with Gasteiger partial charge in [-0.05, 0) is 61.6 Å². The lowest BCUT2D eigenvalue weighted by Gasteiger charge is -2.37. The maximum Gasteiger partial charge on any atom is 0.263 e. The molecule has 2 amide bonds. The second kappa shape index (κ2) is 10.8. The zero-order valence-corrected chi connectivity index (χ0v) is 24.0. The summed E-state index contributed by atoms with van der Waals surface area (Å²) in [4.78, 5) is 38.5. The highest BCUT2D eigenvalue weighted by molar-refractivity contribution is 8.18. The summed E-state index contributed by atoms with van der Waals surface area (Å²) in [5.41, 5.74) is 1.88. The molecule has 36 heavy (non-hydrogen) atoms. The number of nitrogens with zero attached hydrogens (tertiary/aromatic N) is 4. The SMILES string of the molecule is CCCCC[C@@]1(C)N=C2SC(C(=O)N3CCC[C@H]3C(=O)N(C)C)=C(C(C)C)N2[C@@H]1c1ccc(Cl)cc1. The van der Waals surface area contributed by atoms with Crippen LogP contribution < -0.4 is 0 Å². The number of hydrogen-bond donors (Lipinski definition) is 0. The van der Waals surface area contributed by atoms with Gasteiger partial charge in [-0.3, -0.25) is 14.6 Å². The van der Waals surface area contributed by atoms with Crippen molar-refractivity contribution in [2.24, 2.45) is 10.9 Å². The predicted molar refractivity (Wildman–Crippen MR) is 149 cm³/mol. The third kappa shape index (κ3) is 4.93. The second-order valence-corrected chi connectivity index (χ2v) is 12.3. The van der Waals surface area contributed by atoms with Crippen LogP contribution in [0.1, 0.15) is 77.8 Å². The number of carbonyl (C=O) groups is 2. The zero-order valence-electron chi connectivity index (χ0n) is 22.4. The van der Waals surface area contributed by atoms with Gasteiger partial charge in [0.1, 0.15) is 10.9 Å². The first-order chi connectivity index (χ1) is 17.1. The Kier molecular flexibility index (Phi) is 8.10. The molecule has 3 atom stereocenters. The Labute approximate surface area is 225 Å². The normalized spacial score (nSPS) is 25.6. The van der Waals surface area contributed by atoms with Gasteiger partial charge >= 0.3 is 0 Å². The number of carbonyl (C=O) groups excluding carboxylic acids is 2. The van der Waals surface area contributed by atoms with Gasteiger partial charge < -0.3 is 14.7 Å². The molecule has 0 saturated carbocycles. The van der Waals surface area contributed by atoms with E-state index >= 15 is 0 Å². The summed E-state index contributed by atoms with van der Waals surface area (Å²) in [6.07, 6.45) is 5.99. The minimum Gasteiger partial charge on any atom is -0.347 e. The van der Waals surface area contributed by atoms with Gasteiger partial charge in [-0.25, -0.2) is 0 Å².